The van der Waals surface area contributed by atoms with Gasteiger partial charge in [-0.2, -0.15) is 9.41 Å². The lowest BCUT2D eigenvalue weighted by molar-refractivity contribution is 0.0955. The van der Waals surface area contributed by atoms with Crippen LogP contribution in [0.4, 0.5) is 0 Å². The fraction of sp³-hybridized carbons (Fsp3) is 0.130. The van der Waals surface area contributed by atoms with Gasteiger partial charge in [0.25, 0.3) is 5.91 Å². The highest BCUT2D eigenvalue weighted by atomic mass is 35.5. The highest BCUT2D eigenvalue weighted by molar-refractivity contribution is 7.89. The number of carbonyl (C=O) groups is 1. The Morgan fingerprint density at radius 1 is 1.00 bits per heavy atom. The Bertz CT molecular complexity index is 1170. The van der Waals surface area contributed by atoms with Gasteiger partial charge in [-0.3, -0.25) is 4.79 Å². The minimum absolute atomic E-state index is 0.187. The lowest BCUT2D eigenvalue weighted by Gasteiger charge is -2.17. The molecule has 0 unspecified atom stereocenters. The first-order chi connectivity index (χ1) is 14.8. The molecule has 160 valence electrons. The minimum Gasteiger partial charge on any atom is -0.267 e. The van der Waals surface area contributed by atoms with Gasteiger partial charge in [-0.1, -0.05) is 53.6 Å². The van der Waals surface area contributed by atoms with E-state index in [1.807, 2.05) is 6.92 Å². The number of sulfonamides is 1. The van der Waals surface area contributed by atoms with Crippen LogP contribution in [0.25, 0.3) is 0 Å². The molecule has 0 saturated carbocycles. The Kier molecular flexibility index (Phi) is 7.22. The van der Waals surface area contributed by atoms with E-state index in [-0.39, 0.29) is 17.3 Å². The van der Waals surface area contributed by atoms with Crippen molar-refractivity contribution in [2.24, 2.45) is 5.10 Å². The molecule has 0 spiro atoms. The second-order valence-electron chi connectivity index (χ2n) is 7.02. The lowest BCUT2D eigenvalue weighted by Crippen LogP contribution is -2.26. The second kappa shape index (κ2) is 9.87. The van der Waals surface area contributed by atoms with E-state index in [1.54, 1.807) is 72.8 Å². The van der Waals surface area contributed by atoms with Gasteiger partial charge in [-0.05, 0) is 54.4 Å². The summed E-state index contributed by atoms with van der Waals surface area (Å²) in [5.41, 5.74) is 5.44. The molecule has 3 aromatic carbocycles. The number of aryl methyl sites for hydroxylation is 1. The first-order valence-corrected chi connectivity index (χ1v) is 11.3. The number of nitrogens with zero attached hydrogens (tertiary/aromatic N) is 2. The summed E-state index contributed by atoms with van der Waals surface area (Å²) in [5.74, 6) is -0.364. The number of nitrogens with one attached hydrogen (secondary N) is 1. The standard InChI is InChI=1S/C23H22ClN3O3S/c1-17-3-13-22(14-4-17)31(29,30)27(2)16-19-5-9-20(10-6-19)23(28)26-25-15-18-7-11-21(24)12-8-18/h3-15H,16H2,1-2H3,(H,26,28). The molecule has 31 heavy (non-hydrogen) atoms. The second-order valence-corrected chi connectivity index (χ2v) is 9.50. The summed E-state index contributed by atoms with van der Waals surface area (Å²) in [6.07, 6.45) is 1.52. The van der Waals surface area contributed by atoms with Gasteiger partial charge in [-0.25, -0.2) is 13.8 Å². The van der Waals surface area contributed by atoms with Crippen molar-refractivity contribution in [2.45, 2.75) is 18.4 Å². The molecule has 3 rings (SSSR count). The summed E-state index contributed by atoms with van der Waals surface area (Å²) < 4.78 is 26.7. The molecule has 8 heteroatoms. The normalized spacial score (nSPS) is 11.7. The lowest BCUT2D eigenvalue weighted by atomic mass is 10.1. The molecule has 0 saturated heterocycles. The van der Waals surface area contributed by atoms with E-state index in [0.29, 0.717) is 10.6 Å². The number of carbonyl (C=O) groups excluding carboxylic acids is 1. The minimum atomic E-state index is -3.59. The quantitative estimate of drug-likeness (QED) is 0.427. The van der Waals surface area contributed by atoms with Crippen LogP contribution in [0.5, 0.6) is 0 Å². The monoisotopic (exact) mass is 455 g/mol. The van der Waals surface area contributed by atoms with Crippen LogP contribution in [-0.2, 0) is 16.6 Å². The first kappa shape index (κ1) is 22.7. The summed E-state index contributed by atoms with van der Waals surface area (Å²) in [5, 5.41) is 4.56. The predicted molar refractivity (Wildman–Crippen MR) is 123 cm³/mol. The molecule has 1 N–H and O–H groups in total. The Morgan fingerprint density at radius 2 is 1.61 bits per heavy atom. The molecular formula is C23H22ClN3O3S. The average molecular weight is 456 g/mol. The molecule has 1 amide bonds. The predicted octanol–water partition coefficient (Wildman–Crippen LogP) is 4.23. The van der Waals surface area contributed by atoms with Crippen LogP contribution >= 0.6 is 11.6 Å². The highest BCUT2D eigenvalue weighted by Crippen LogP contribution is 2.17. The van der Waals surface area contributed by atoms with Crippen LogP contribution in [0.15, 0.2) is 82.8 Å². The molecule has 0 heterocycles. The molecule has 0 radical (unpaired) electrons. The van der Waals surface area contributed by atoms with Gasteiger partial charge in [0.2, 0.25) is 10.0 Å². The molecule has 3 aromatic rings. The van der Waals surface area contributed by atoms with Crippen molar-refractivity contribution in [1.29, 1.82) is 0 Å². The number of rotatable bonds is 7. The van der Waals surface area contributed by atoms with Crippen LogP contribution in [-0.4, -0.2) is 31.9 Å². The van der Waals surface area contributed by atoms with Gasteiger partial charge in [0, 0.05) is 24.2 Å². The number of hydrogen-bond donors (Lipinski definition) is 1. The molecule has 6 nitrogen and oxygen atoms in total. The van der Waals surface area contributed by atoms with Crippen molar-refractivity contribution >= 4 is 33.7 Å². The zero-order valence-corrected chi connectivity index (χ0v) is 18.7. The zero-order valence-electron chi connectivity index (χ0n) is 17.1. The first-order valence-electron chi connectivity index (χ1n) is 9.46. The third-order valence-corrected chi connectivity index (χ3v) is 6.67. The number of amides is 1. The van der Waals surface area contributed by atoms with Crippen molar-refractivity contribution < 1.29 is 13.2 Å². The average Bonchev–Trinajstić information content (AvgIpc) is 2.76. The van der Waals surface area contributed by atoms with Gasteiger partial charge >= 0.3 is 0 Å². The Balaban J connectivity index is 1.60. The van der Waals surface area contributed by atoms with E-state index in [9.17, 15) is 13.2 Å². The van der Waals surface area contributed by atoms with E-state index < -0.39 is 10.0 Å². The molecule has 0 aliphatic heterocycles. The summed E-state index contributed by atoms with van der Waals surface area (Å²) in [6, 6.07) is 20.5. The molecule has 0 aliphatic rings. The Hall–Kier alpha value is -3.00. The van der Waals surface area contributed by atoms with Crippen LogP contribution in [0.1, 0.15) is 27.0 Å². The van der Waals surface area contributed by atoms with Gasteiger partial charge < -0.3 is 0 Å². The van der Waals surface area contributed by atoms with Crippen molar-refractivity contribution in [2.75, 3.05) is 7.05 Å². The zero-order chi connectivity index (χ0) is 22.4. The van der Waals surface area contributed by atoms with E-state index in [4.69, 9.17) is 11.6 Å². The topological polar surface area (TPSA) is 78.8 Å². The fourth-order valence-corrected chi connectivity index (χ4v) is 4.06. The number of benzene rings is 3. The molecule has 0 aromatic heterocycles. The smallest absolute Gasteiger partial charge is 0.267 e. The maximum Gasteiger partial charge on any atom is 0.271 e. The number of hydrogen-bond acceptors (Lipinski definition) is 4. The maximum atomic E-state index is 12.7. The molecule has 0 atom stereocenters. The van der Waals surface area contributed by atoms with Crippen molar-refractivity contribution in [3.63, 3.8) is 0 Å². The Labute approximate surface area is 187 Å². The van der Waals surface area contributed by atoms with Crippen molar-refractivity contribution in [3.8, 4) is 0 Å². The SMILES string of the molecule is Cc1ccc(S(=O)(=O)N(C)Cc2ccc(C(=O)NN=Cc3ccc(Cl)cc3)cc2)cc1. The van der Waals surface area contributed by atoms with Gasteiger partial charge in [-0.15, -0.1) is 0 Å². The number of halogens is 1. The van der Waals surface area contributed by atoms with Crippen LogP contribution in [0.2, 0.25) is 5.02 Å². The van der Waals surface area contributed by atoms with Crippen molar-refractivity contribution in [3.05, 3.63) is 100 Å². The van der Waals surface area contributed by atoms with Crippen LogP contribution in [0.3, 0.4) is 0 Å². The Morgan fingerprint density at radius 3 is 2.23 bits per heavy atom. The van der Waals surface area contributed by atoms with Gasteiger partial charge in [0.05, 0.1) is 11.1 Å². The highest BCUT2D eigenvalue weighted by Gasteiger charge is 2.20. The third-order valence-electron chi connectivity index (χ3n) is 4.60. The number of hydrazone groups is 1. The van der Waals surface area contributed by atoms with Crippen LogP contribution in [0, 0.1) is 6.92 Å². The van der Waals surface area contributed by atoms with E-state index in [1.165, 1.54) is 17.6 Å². The third kappa shape index (κ3) is 6.01. The molecular weight excluding hydrogens is 434 g/mol. The summed E-state index contributed by atoms with van der Waals surface area (Å²) in [7, 11) is -2.07. The molecule has 0 aliphatic carbocycles. The molecule has 0 bridgehead atoms. The maximum absolute atomic E-state index is 12.7. The fourth-order valence-electron chi connectivity index (χ4n) is 2.77. The van der Waals surface area contributed by atoms with Gasteiger partial charge in [0.1, 0.15) is 0 Å². The molecule has 0 fully saturated rings. The van der Waals surface area contributed by atoms with Gasteiger partial charge in [0.15, 0.2) is 0 Å². The van der Waals surface area contributed by atoms with E-state index in [2.05, 4.69) is 10.5 Å². The van der Waals surface area contributed by atoms with E-state index >= 15 is 0 Å². The van der Waals surface area contributed by atoms with Crippen molar-refractivity contribution in [1.82, 2.24) is 9.73 Å². The summed E-state index contributed by atoms with van der Waals surface area (Å²) >= 11 is 5.83. The summed E-state index contributed by atoms with van der Waals surface area (Å²) in [4.78, 5) is 12.5. The van der Waals surface area contributed by atoms with Crippen LogP contribution < -0.4 is 5.43 Å². The summed E-state index contributed by atoms with van der Waals surface area (Å²) in [6.45, 7) is 2.09. The van der Waals surface area contributed by atoms with E-state index in [0.717, 1.165) is 16.7 Å². The largest absolute Gasteiger partial charge is 0.271 e.